The highest BCUT2D eigenvalue weighted by Gasteiger charge is 2.43. The van der Waals surface area contributed by atoms with Crippen LogP contribution in [0.3, 0.4) is 0 Å². The number of carbonyl (C=O) groups is 1. The molecule has 0 bridgehead atoms. The number of aromatic nitrogens is 2. The van der Waals surface area contributed by atoms with Gasteiger partial charge >= 0.3 is 0 Å². The van der Waals surface area contributed by atoms with Gasteiger partial charge < -0.3 is 10.2 Å². The Hall–Kier alpha value is -1.85. The van der Waals surface area contributed by atoms with E-state index in [1.807, 2.05) is 55.2 Å². The van der Waals surface area contributed by atoms with Crippen LogP contribution in [0.4, 0.5) is 5.69 Å². The number of nitrogens with one attached hydrogen (secondary N) is 1. The Labute approximate surface area is 143 Å². The van der Waals surface area contributed by atoms with Crippen LogP contribution < -0.4 is 10.2 Å². The maximum Gasteiger partial charge on any atom is 0.254 e. The minimum Gasteiger partial charge on any atom is -0.317 e. The first-order valence-corrected chi connectivity index (χ1v) is 7.69. The van der Waals surface area contributed by atoms with Crippen molar-refractivity contribution in [2.24, 2.45) is 0 Å². The van der Waals surface area contributed by atoms with E-state index >= 15 is 0 Å². The molecular formula is C17H23ClN4O. The summed E-state index contributed by atoms with van der Waals surface area (Å²) in [6, 6.07) is 9.92. The SMILES string of the molecule is Cc1ccc(N(C)C(=O)C2(n3cccn3)CCNCC2)cc1.Cl. The third kappa shape index (κ3) is 3.26. The van der Waals surface area contributed by atoms with Gasteiger partial charge in [-0.15, -0.1) is 12.4 Å². The number of rotatable bonds is 3. The number of hydrogen-bond donors (Lipinski definition) is 1. The van der Waals surface area contributed by atoms with Crippen molar-refractivity contribution in [3.05, 3.63) is 48.3 Å². The molecule has 23 heavy (non-hydrogen) atoms. The van der Waals surface area contributed by atoms with Crippen LogP contribution in [0.15, 0.2) is 42.7 Å². The molecule has 1 fully saturated rings. The van der Waals surface area contributed by atoms with E-state index in [1.165, 1.54) is 5.56 Å². The molecule has 2 aromatic rings. The molecule has 0 aliphatic carbocycles. The van der Waals surface area contributed by atoms with Crippen molar-refractivity contribution in [2.75, 3.05) is 25.0 Å². The Kier molecular flexibility index (Phi) is 5.44. The first kappa shape index (κ1) is 17.5. The largest absolute Gasteiger partial charge is 0.317 e. The summed E-state index contributed by atoms with van der Waals surface area (Å²) in [6.45, 7) is 3.70. The van der Waals surface area contributed by atoms with E-state index in [2.05, 4.69) is 10.4 Å². The predicted octanol–water partition coefficient (Wildman–Crippen LogP) is 2.36. The zero-order valence-corrected chi connectivity index (χ0v) is 14.3. The van der Waals surface area contributed by atoms with Crippen molar-refractivity contribution in [1.29, 1.82) is 0 Å². The average molecular weight is 335 g/mol. The molecule has 0 radical (unpaired) electrons. The van der Waals surface area contributed by atoms with Crippen molar-refractivity contribution in [3.8, 4) is 0 Å². The van der Waals surface area contributed by atoms with E-state index in [9.17, 15) is 4.79 Å². The van der Waals surface area contributed by atoms with Gasteiger partial charge in [-0.05, 0) is 51.1 Å². The molecule has 1 amide bonds. The topological polar surface area (TPSA) is 50.2 Å². The Morgan fingerprint density at radius 2 is 1.91 bits per heavy atom. The van der Waals surface area contributed by atoms with Gasteiger partial charge in [-0.1, -0.05) is 17.7 Å². The number of carbonyl (C=O) groups excluding carboxylic acids is 1. The number of nitrogens with zero attached hydrogens (tertiary/aromatic N) is 3. The number of piperidine rings is 1. The molecule has 5 nitrogen and oxygen atoms in total. The van der Waals surface area contributed by atoms with Crippen LogP contribution in [0.1, 0.15) is 18.4 Å². The highest BCUT2D eigenvalue weighted by molar-refractivity contribution is 5.98. The second-order valence-corrected chi connectivity index (χ2v) is 5.93. The Morgan fingerprint density at radius 3 is 2.48 bits per heavy atom. The highest BCUT2D eigenvalue weighted by atomic mass is 35.5. The number of hydrogen-bond acceptors (Lipinski definition) is 3. The second-order valence-electron chi connectivity index (χ2n) is 5.93. The van der Waals surface area contributed by atoms with E-state index in [1.54, 1.807) is 11.1 Å². The number of aryl methyl sites for hydroxylation is 1. The zero-order chi connectivity index (χ0) is 15.6. The molecule has 1 saturated heterocycles. The maximum atomic E-state index is 13.2. The molecule has 3 rings (SSSR count). The van der Waals surface area contributed by atoms with E-state index in [4.69, 9.17) is 0 Å². The van der Waals surface area contributed by atoms with E-state index in [0.29, 0.717) is 0 Å². The normalized spacial score (nSPS) is 16.4. The fourth-order valence-corrected chi connectivity index (χ4v) is 3.10. The van der Waals surface area contributed by atoms with E-state index < -0.39 is 5.54 Å². The van der Waals surface area contributed by atoms with Gasteiger partial charge in [0.15, 0.2) is 0 Å². The molecule has 2 heterocycles. The molecule has 0 atom stereocenters. The molecule has 1 aromatic carbocycles. The van der Waals surface area contributed by atoms with Crippen molar-refractivity contribution in [2.45, 2.75) is 25.3 Å². The van der Waals surface area contributed by atoms with Crippen LogP contribution in [-0.4, -0.2) is 35.8 Å². The van der Waals surface area contributed by atoms with Gasteiger partial charge in [-0.2, -0.15) is 5.10 Å². The lowest BCUT2D eigenvalue weighted by atomic mass is 9.86. The summed E-state index contributed by atoms with van der Waals surface area (Å²) in [5.74, 6) is 0.0987. The van der Waals surface area contributed by atoms with Crippen molar-refractivity contribution < 1.29 is 4.79 Å². The lowest BCUT2D eigenvalue weighted by Gasteiger charge is -2.39. The third-order valence-electron chi connectivity index (χ3n) is 4.50. The third-order valence-corrected chi connectivity index (χ3v) is 4.50. The lowest BCUT2D eigenvalue weighted by molar-refractivity contribution is -0.128. The standard InChI is InChI=1S/C17H22N4O.ClH/c1-14-4-6-15(7-5-14)20(2)16(22)17(8-11-18-12-9-17)21-13-3-10-19-21;/h3-7,10,13,18H,8-9,11-12H2,1-2H3;1H. The summed E-state index contributed by atoms with van der Waals surface area (Å²) in [5.41, 5.74) is 1.52. The first-order valence-electron chi connectivity index (χ1n) is 7.69. The summed E-state index contributed by atoms with van der Waals surface area (Å²) >= 11 is 0. The summed E-state index contributed by atoms with van der Waals surface area (Å²) in [4.78, 5) is 15.0. The van der Waals surface area contributed by atoms with Gasteiger partial charge in [0.1, 0.15) is 5.54 Å². The average Bonchev–Trinajstić information content (AvgIpc) is 3.10. The zero-order valence-electron chi connectivity index (χ0n) is 13.5. The highest BCUT2D eigenvalue weighted by Crippen LogP contribution is 2.30. The van der Waals surface area contributed by atoms with Crippen molar-refractivity contribution in [1.82, 2.24) is 15.1 Å². The minimum atomic E-state index is -0.589. The van der Waals surface area contributed by atoms with Gasteiger partial charge in [-0.25, -0.2) is 0 Å². The first-order chi connectivity index (χ1) is 10.6. The summed E-state index contributed by atoms with van der Waals surface area (Å²) < 4.78 is 1.83. The summed E-state index contributed by atoms with van der Waals surface area (Å²) in [6.07, 6.45) is 5.14. The van der Waals surface area contributed by atoms with Gasteiger partial charge in [0, 0.05) is 25.1 Å². The molecule has 1 aliphatic rings. The van der Waals surface area contributed by atoms with Gasteiger partial charge in [-0.3, -0.25) is 9.48 Å². The van der Waals surface area contributed by atoms with Gasteiger partial charge in [0.2, 0.25) is 0 Å². The minimum absolute atomic E-state index is 0. The number of likely N-dealkylation sites (N-methyl/N-ethyl adjacent to an activating group) is 1. The molecular weight excluding hydrogens is 312 g/mol. The summed E-state index contributed by atoms with van der Waals surface area (Å²) in [5, 5.41) is 7.70. The number of amides is 1. The van der Waals surface area contributed by atoms with E-state index in [0.717, 1.165) is 31.6 Å². The fraction of sp³-hybridized carbons (Fsp3) is 0.412. The number of benzene rings is 1. The molecule has 0 saturated carbocycles. The second kappa shape index (κ2) is 7.15. The van der Waals surface area contributed by atoms with Crippen LogP contribution in [0.25, 0.3) is 0 Å². The van der Waals surface area contributed by atoms with Gasteiger partial charge in [0.05, 0.1) is 0 Å². The van der Waals surface area contributed by atoms with E-state index in [-0.39, 0.29) is 18.3 Å². The quantitative estimate of drug-likeness (QED) is 0.937. The molecule has 1 N–H and O–H groups in total. The Morgan fingerprint density at radius 1 is 1.26 bits per heavy atom. The Balaban J connectivity index is 0.00000192. The van der Waals surface area contributed by atoms with Crippen LogP contribution in [-0.2, 0) is 10.3 Å². The van der Waals surface area contributed by atoms with Crippen molar-refractivity contribution >= 4 is 24.0 Å². The monoisotopic (exact) mass is 334 g/mol. The molecule has 124 valence electrons. The molecule has 1 aromatic heterocycles. The number of halogens is 1. The van der Waals surface area contributed by atoms with Crippen LogP contribution in [0.5, 0.6) is 0 Å². The molecule has 6 heteroatoms. The fourth-order valence-electron chi connectivity index (χ4n) is 3.10. The number of anilines is 1. The lowest BCUT2D eigenvalue weighted by Crippen LogP contribution is -2.55. The van der Waals surface area contributed by atoms with Crippen LogP contribution in [0, 0.1) is 6.92 Å². The maximum absolute atomic E-state index is 13.2. The van der Waals surface area contributed by atoms with Gasteiger partial charge in [0.25, 0.3) is 5.91 Å². The Bertz CT molecular complexity index is 633. The predicted molar refractivity (Wildman–Crippen MR) is 94.1 cm³/mol. The summed E-state index contributed by atoms with van der Waals surface area (Å²) in [7, 11) is 1.85. The molecule has 0 unspecified atom stereocenters. The van der Waals surface area contributed by atoms with Crippen LogP contribution in [0.2, 0.25) is 0 Å². The molecule has 0 spiro atoms. The van der Waals surface area contributed by atoms with Crippen LogP contribution >= 0.6 is 12.4 Å². The smallest absolute Gasteiger partial charge is 0.254 e. The van der Waals surface area contributed by atoms with Crippen molar-refractivity contribution in [3.63, 3.8) is 0 Å². The molecule has 1 aliphatic heterocycles.